The van der Waals surface area contributed by atoms with E-state index in [1.807, 2.05) is 0 Å². The average Bonchev–Trinajstić information content (AvgIpc) is 3.55. The van der Waals surface area contributed by atoms with E-state index in [1.54, 1.807) is 37.3 Å². The Morgan fingerprint density at radius 1 is 1.22 bits per heavy atom. The molecular formula is C24H28N6O6S. The molecular weight excluding hydrogens is 500 g/mol. The number of piperidine rings is 1. The van der Waals surface area contributed by atoms with Gasteiger partial charge in [-0.05, 0) is 51.0 Å². The van der Waals surface area contributed by atoms with Gasteiger partial charge >= 0.3 is 0 Å². The van der Waals surface area contributed by atoms with Gasteiger partial charge in [0.15, 0.2) is 5.76 Å². The lowest BCUT2D eigenvalue weighted by atomic mass is 9.89. The normalized spacial score (nSPS) is 18.8. The summed E-state index contributed by atoms with van der Waals surface area (Å²) in [5.74, 6) is 0.922. The quantitative estimate of drug-likeness (QED) is 0.442. The van der Waals surface area contributed by atoms with Crippen LogP contribution in [0.3, 0.4) is 0 Å². The van der Waals surface area contributed by atoms with Gasteiger partial charge in [0.25, 0.3) is 0 Å². The lowest BCUT2D eigenvalue weighted by Crippen LogP contribution is -2.55. The number of carbonyl (C=O) groups excluding carboxylic acids is 1. The van der Waals surface area contributed by atoms with Gasteiger partial charge in [-0.3, -0.25) is 14.1 Å². The summed E-state index contributed by atoms with van der Waals surface area (Å²) in [7, 11) is -1.16. The summed E-state index contributed by atoms with van der Waals surface area (Å²) in [5.41, 5.74) is -0.714. The number of aromatic nitrogens is 3. The van der Waals surface area contributed by atoms with Crippen LogP contribution in [0.5, 0.6) is 11.5 Å². The van der Waals surface area contributed by atoms with Crippen molar-refractivity contribution in [2.24, 2.45) is 0 Å². The summed E-state index contributed by atoms with van der Waals surface area (Å²) in [6.07, 6.45) is 2.79. The number of nitrogens with zero attached hydrogens (tertiary/aromatic N) is 5. The van der Waals surface area contributed by atoms with Gasteiger partial charge in [0, 0.05) is 13.0 Å². The summed E-state index contributed by atoms with van der Waals surface area (Å²) >= 11 is 0. The Bertz CT molecular complexity index is 1410. The van der Waals surface area contributed by atoms with Crippen LogP contribution in [0.2, 0.25) is 0 Å². The van der Waals surface area contributed by atoms with Crippen LogP contribution in [-0.2, 0) is 14.8 Å². The van der Waals surface area contributed by atoms with E-state index in [1.165, 1.54) is 36.9 Å². The van der Waals surface area contributed by atoms with E-state index in [2.05, 4.69) is 21.0 Å². The van der Waals surface area contributed by atoms with Gasteiger partial charge in [0.1, 0.15) is 22.7 Å². The molecule has 1 aliphatic rings. The molecule has 1 fully saturated rings. The number of anilines is 1. The monoisotopic (exact) mass is 528 g/mol. The first-order chi connectivity index (χ1) is 17.6. The maximum atomic E-state index is 13.5. The average molecular weight is 529 g/mol. The van der Waals surface area contributed by atoms with Crippen molar-refractivity contribution in [2.45, 2.75) is 43.9 Å². The van der Waals surface area contributed by atoms with Gasteiger partial charge in [0.2, 0.25) is 27.7 Å². The molecule has 0 radical (unpaired) electrons. The van der Waals surface area contributed by atoms with Crippen LogP contribution in [0.25, 0.3) is 17.3 Å². The molecule has 37 heavy (non-hydrogen) atoms. The molecule has 1 aliphatic heterocycles. The zero-order chi connectivity index (χ0) is 26.8. The molecule has 12 nitrogen and oxygen atoms in total. The Morgan fingerprint density at radius 2 is 1.92 bits per heavy atom. The molecule has 0 spiro atoms. The second kappa shape index (κ2) is 10.1. The zero-order valence-corrected chi connectivity index (χ0v) is 21.8. The fourth-order valence-electron chi connectivity index (χ4n) is 4.31. The number of likely N-dealkylation sites (tertiary alicyclic amines) is 1. The van der Waals surface area contributed by atoms with Crippen molar-refractivity contribution >= 4 is 21.9 Å². The summed E-state index contributed by atoms with van der Waals surface area (Å²) in [6, 6.07) is 10.6. The van der Waals surface area contributed by atoms with Crippen molar-refractivity contribution in [1.82, 2.24) is 19.7 Å². The Labute approximate surface area is 214 Å². The Hall–Kier alpha value is -4.05. The van der Waals surface area contributed by atoms with Gasteiger partial charge < -0.3 is 18.8 Å². The third-order valence-electron chi connectivity index (χ3n) is 6.42. The van der Waals surface area contributed by atoms with Crippen LogP contribution < -0.4 is 14.2 Å². The summed E-state index contributed by atoms with van der Waals surface area (Å²) in [6.45, 7) is 2.96. The largest absolute Gasteiger partial charge is 0.494 e. The first-order valence-electron chi connectivity index (χ1n) is 11.6. The molecule has 0 bridgehead atoms. The minimum atomic E-state index is -4.11. The number of methoxy groups -OCH3 is 2. The number of furan rings is 1. The highest BCUT2D eigenvalue weighted by atomic mass is 32.2. The van der Waals surface area contributed by atoms with Crippen molar-refractivity contribution in [3.05, 3.63) is 36.6 Å². The van der Waals surface area contributed by atoms with E-state index in [-0.39, 0.29) is 30.6 Å². The van der Waals surface area contributed by atoms with Crippen LogP contribution in [0.1, 0.15) is 33.1 Å². The lowest BCUT2D eigenvalue weighted by Gasteiger charge is -2.40. The van der Waals surface area contributed by atoms with Crippen LogP contribution in [0.15, 0.2) is 41.0 Å². The van der Waals surface area contributed by atoms with Crippen molar-refractivity contribution in [3.8, 4) is 34.8 Å². The second-order valence-corrected chi connectivity index (χ2v) is 11.0. The van der Waals surface area contributed by atoms with E-state index >= 15 is 0 Å². The third-order valence-corrected chi connectivity index (χ3v) is 8.10. The molecule has 1 aromatic carbocycles. The number of amides is 1. The Morgan fingerprint density at radius 3 is 2.51 bits per heavy atom. The molecule has 1 saturated heterocycles. The number of carbonyl (C=O) groups is 1. The minimum Gasteiger partial charge on any atom is -0.494 e. The third kappa shape index (κ3) is 4.84. The molecule has 0 unspecified atom stereocenters. The summed E-state index contributed by atoms with van der Waals surface area (Å²) in [4.78, 5) is 13.9. The number of hydrogen-bond donors (Lipinski definition) is 1. The summed E-state index contributed by atoms with van der Waals surface area (Å²) in [5, 5.41) is 16.9. The molecule has 196 valence electrons. The second-order valence-electron chi connectivity index (χ2n) is 8.87. The van der Waals surface area contributed by atoms with Crippen LogP contribution in [-0.4, -0.2) is 65.5 Å². The standard InChI is InChI=1S/C24H28N6O6S/c1-16(14-29-20(31)11-6-12-24(29,2)15-25)37(32,33)28-23-27-26-22(19-10-7-13-36-19)30(23)21-17(34-3)8-5-9-18(21)35-4/h5,7-10,13,16H,6,11-12,14H2,1-4H3,(H,27,28)/t16-,24+/m1/s1. The van der Waals surface area contributed by atoms with Gasteiger partial charge in [0.05, 0.1) is 31.8 Å². The SMILES string of the molecule is COc1cccc(OC)c1-n1c(NS(=O)(=O)[C@H](C)CN2C(=O)CCC[C@@]2(C)C#N)nnc1-c1ccco1. The molecule has 0 aliphatic carbocycles. The molecule has 2 aromatic heterocycles. The number of ether oxygens (including phenoxy) is 2. The molecule has 2 atom stereocenters. The number of hydrogen-bond acceptors (Lipinski definition) is 9. The van der Waals surface area contributed by atoms with Crippen LogP contribution >= 0.6 is 0 Å². The maximum Gasteiger partial charge on any atom is 0.243 e. The Balaban J connectivity index is 1.75. The molecule has 13 heteroatoms. The number of sulfonamides is 1. The number of para-hydroxylation sites is 1. The number of rotatable bonds is 9. The highest BCUT2D eigenvalue weighted by molar-refractivity contribution is 7.93. The van der Waals surface area contributed by atoms with Gasteiger partial charge in [-0.25, -0.2) is 8.42 Å². The fourth-order valence-corrected chi connectivity index (χ4v) is 5.24. The van der Waals surface area contributed by atoms with Crippen molar-refractivity contribution < 1.29 is 27.1 Å². The fraction of sp³-hybridized carbons (Fsp3) is 0.417. The first-order valence-corrected chi connectivity index (χ1v) is 13.1. The van der Waals surface area contributed by atoms with Gasteiger partial charge in [-0.2, -0.15) is 5.26 Å². The maximum absolute atomic E-state index is 13.5. The van der Waals surface area contributed by atoms with E-state index in [0.29, 0.717) is 35.8 Å². The van der Waals surface area contributed by atoms with E-state index in [0.717, 1.165) is 0 Å². The molecule has 4 rings (SSSR count). The van der Waals surface area contributed by atoms with Crippen molar-refractivity contribution in [3.63, 3.8) is 0 Å². The first kappa shape index (κ1) is 26.0. The summed E-state index contributed by atoms with van der Waals surface area (Å²) < 4.78 is 47.4. The highest BCUT2D eigenvalue weighted by Crippen LogP contribution is 2.38. The lowest BCUT2D eigenvalue weighted by molar-refractivity contribution is -0.138. The van der Waals surface area contributed by atoms with Crippen molar-refractivity contribution in [2.75, 3.05) is 25.5 Å². The Kier molecular flexibility index (Phi) is 7.13. The predicted octanol–water partition coefficient (Wildman–Crippen LogP) is 2.97. The van der Waals surface area contributed by atoms with Crippen molar-refractivity contribution in [1.29, 1.82) is 5.26 Å². The van der Waals surface area contributed by atoms with Gasteiger partial charge in [-0.15, -0.1) is 10.2 Å². The smallest absolute Gasteiger partial charge is 0.243 e. The molecule has 0 saturated carbocycles. The van der Waals surface area contributed by atoms with E-state index in [9.17, 15) is 18.5 Å². The van der Waals surface area contributed by atoms with E-state index in [4.69, 9.17) is 13.9 Å². The van der Waals surface area contributed by atoms with Crippen LogP contribution in [0.4, 0.5) is 5.95 Å². The molecule has 3 aromatic rings. The zero-order valence-electron chi connectivity index (χ0n) is 21.0. The number of benzene rings is 1. The van der Waals surface area contributed by atoms with Gasteiger partial charge in [-0.1, -0.05) is 6.07 Å². The molecule has 1 N–H and O–H groups in total. The van der Waals surface area contributed by atoms with Crippen LogP contribution in [0, 0.1) is 11.3 Å². The number of nitrogens with one attached hydrogen (secondary N) is 1. The molecule has 1 amide bonds. The predicted molar refractivity (Wildman–Crippen MR) is 134 cm³/mol. The van der Waals surface area contributed by atoms with E-state index < -0.39 is 20.8 Å². The topological polar surface area (TPSA) is 153 Å². The minimum absolute atomic E-state index is 0.130. The highest BCUT2D eigenvalue weighted by Gasteiger charge is 2.41. The molecule has 3 heterocycles. The number of nitriles is 1.